The third-order valence-electron chi connectivity index (χ3n) is 4.67. The molecule has 1 aromatic carbocycles. The second-order valence-electron chi connectivity index (χ2n) is 6.17. The van der Waals surface area contributed by atoms with E-state index in [1.807, 2.05) is 0 Å². The van der Waals surface area contributed by atoms with Gasteiger partial charge < -0.3 is 15.3 Å². The summed E-state index contributed by atoms with van der Waals surface area (Å²) in [5.41, 5.74) is 4.62. The molecule has 4 rings (SSSR count). The predicted octanol–water partition coefficient (Wildman–Crippen LogP) is -0.303. The van der Waals surface area contributed by atoms with E-state index in [1.165, 1.54) is 4.90 Å². The van der Waals surface area contributed by atoms with Gasteiger partial charge in [-0.25, -0.2) is 0 Å². The van der Waals surface area contributed by atoms with Gasteiger partial charge in [-0.15, -0.1) is 0 Å². The predicted molar refractivity (Wildman–Crippen MR) is 92.2 cm³/mol. The Labute approximate surface area is 145 Å². The largest absolute Gasteiger partial charge is 0.375 e. The third kappa shape index (κ3) is 3.58. The van der Waals surface area contributed by atoms with E-state index in [0.29, 0.717) is 11.6 Å². The molecule has 1 aromatic rings. The zero-order valence-corrected chi connectivity index (χ0v) is 14.1. The molecule has 1 amide bonds. The number of carbonyl (C=O) groups excluding carboxylic acids is 1. The molecule has 6 nitrogen and oxygen atoms in total. The van der Waals surface area contributed by atoms with Gasteiger partial charge in [0.2, 0.25) is 0 Å². The van der Waals surface area contributed by atoms with Crippen LogP contribution >= 0.6 is 23.8 Å². The van der Waals surface area contributed by atoms with Gasteiger partial charge in [-0.1, -0.05) is 11.6 Å². The number of hydrazine groups is 1. The van der Waals surface area contributed by atoms with Crippen molar-refractivity contribution in [2.24, 2.45) is 5.92 Å². The number of thiocarbonyl (C=S) groups is 1. The molecule has 3 aliphatic heterocycles. The molecular weight excluding hydrogens is 336 g/mol. The highest BCUT2D eigenvalue weighted by Crippen LogP contribution is 2.28. The van der Waals surface area contributed by atoms with Gasteiger partial charge in [0.1, 0.15) is 6.54 Å². The van der Waals surface area contributed by atoms with Crippen LogP contribution in [-0.2, 0) is 4.79 Å². The minimum absolute atomic E-state index is 0.0274. The number of nitrogens with one attached hydrogen (secondary N) is 4. The number of benzene rings is 1. The lowest BCUT2D eigenvalue weighted by atomic mass is 9.75. The summed E-state index contributed by atoms with van der Waals surface area (Å²) in [4.78, 5) is 13.7. The minimum Gasteiger partial charge on any atom is -0.375 e. The van der Waals surface area contributed by atoms with Crippen LogP contribution in [0.4, 0.5) is 5.69 Å². The van der Waals surface area contributed by atoms with Crippen LogP contribution in [0.15, 0.2) is 24.3 Å². The Kier molecular flexibility index (Phi) is 4.72. The van der Waals surface area contributed by atoms with E-state index < -0.39 is 11.5 Å². The highest BCUT2D eigenvalue weighted by molar-refractivity contribution is 7.80. The zero-order valence-electron chi connectivity index (χ0n) is 12.6. The molecule has 3 heterocycles. The van der Waals surface area contributed by atoms with Crippen LogP contribution in [-0.4, -0.2) is 41.4 Å². The molecule has 0 aliphatic carbocycles. The number of halogens is 1. The molecule has 8 heteroatoms. The van der Waals surface area contributed by atoms with Gasteiger partial charge in [0.25, 0.3) is 5.91 Å². The first kappa shape index (κ1) is 16.4. The lowest BCUT2D eigenvalue weighted by Crippen LogP contribution is -3.18. The number of aliphatic hydroxyl groups is 1. The summed E-state index contributed by atoms with van der Waals surface area (Å²) in [7, 11) is 0. The van der Waals surface area contributed by atoms with Crippen molar-refractivity contribution in [1.82, 2.24) is 10.9 Å². The van der Waals surface area contributed by atoms with Crippen molar-refractivity contribution >= 4 is 40.5 Å². The first-order valence-electron chi connectivity index (χ1n) is 7.66. The smallest absolute Gasteiger partial charge is 0.276 e. The summed E-state index contributed by atoms with van der Waals surface area (Å²) in [5.74, 6) is -0.390. The summed E-state index contributed by atoms with van der Waals surface area (Å²) in [6.45, 7) is 2.52. The summed E-state index contributed by atoms with van der Waals surface area (Å²) in [6, 6.07) is 7.04. The molecule has 0 spiro atoms. The van der Waals surface area contributed by atoms with Gasteiger partial charge in [-0.3, -0.25) is 15.6 Å². The maximum Gasteiger partial charge on any atom is 0.276 e. The number of amides is 1. The average Bonchev–Trinajstić information content (AvgIpc) is 2.55. The number of hydrogen-bond acceptors (Lipinski definition) is 3. The Morgan fingerprint density at radius 1 is 1.26 bits per heavy atom. The van der Waals surface area contributed by atoms with E-state index >= 15 is 0 Å². The Morgan fingerprint density at radius 3 is 2.48 bits per heavy atom. The number of fused-ring (bicyclic) bond motifs is 3. The molecule has 0 aromatic heterocycles. The molecule has 0 unspecified atom stereocenters. The number of hydrogen-bond donors (Lipinski definition) is 5. The molecule has 3 fully saturated rings. The summed E-state index contributed by atoms with van der Waals surface area (Å²) in [5, 5.41) is 14.5. The van der Waals surface area contributed by atoms with E-state index in [0.717, 1.165) is 31.6 Å². The van der Waals surface area contributed by atoms with E-state index in [1.54, 1.807) is 24.3 Å². The summed E-state index contributed by atoms with van der Waals surface area (Å²) in [6.07, 6.45) is 1.76. The number of quaternary nitrogens is 1. The lowest BCUT2D eigenvalue weighted by Gasteiger charge is -2.46. The van der Waals surface area contributed by atoms with E-state index in [2.05, 4.69) is 16.2 Å². The molecule has 2 bridgehead atoms. The quantitative estimate of drug-likeness (QED) is 0.372. The second-order valence-corrected chi connectivity index (χ2v) is 7.01. The van der Waals surface area contributed by atoms with Crippen LogP contribution in [0.1, 0.15) is 12.8 Å². The normalized spacial score (nSPS) is 29.0. The standard InChI is InChI=1S/C15H19ClN4O2S/c16-11-1-3-12(4-2-11)17-14(23)19-18-13(21)15(22)9-20-7-5-10(15)6-8-20/h1-4,10,22H,5-9H2,(H,18,21)(H2,17,19,23)/p+1/t15-/m1/s1. The second kappa shape index (κ2) is 6.60. The van der Waals surface area contributed by atoms with Crippen LogP contribution in [0.25, 0.3) is 0 Å². The van der Waals surface area contributed by atoms with Crippen LogP contribution in [0.5, 0.6) is 0 Å². The summed E-state index contributed by atoms with van der Waals surface area (Å²) >= 11 is 11.0. The summed E-state index contributed by atoms with van der Waals surface area (Å²) < 4.78 is 0. The minimum atomic E-state index is -1.31. The van der Waals surface area contributed by atoms with E-state index in [4.69, 9.17) is 23.8 Å². The Bertz CT molecular complexity index is 604. The molecule has 1 atom stereocenters. The van der Waals surface area contributed by atoms with Crippen LogP contribution in [0, 0.1) is 5.92 Å². The monoisotopic (exact) mass is 355 g/mol. The Morgan fingerprint density at radius 2 is 1.91 bits per heavy atom. The van der Waals surface area contributed by atoms with E-state index in [-0.39, 0.29) is 11.0 Å². The van der Waals surface area contributed by atoms with Gasteiger partial charge in [0.15, 0.2) is 10.7 Å². The molecule has 3 aliphatic rings. The highest BCUT2D eigenvalue weighted by Gasteiger charge is 2.53. The van der Waals surface area contributed by atoms with Gasteiger partial charge >= 0.3 is 0 Å². The van der Waals surface area contributed by atoms with Gasteiger partial charge in [-0.2, -0.15) is 0 Å². The van der Waals surface area contributed by atoms with Crippen molar-refractivity contribution in [2.45, 2.75) is 18.4 Å². The van der Waals surface area contributed by atoms with Crippen LogP contribution in [0.2, 0.25) is 5.02 Å². The number of piperidine rings is 3. The first-order chi connectivity index (χ1) is 11.0. The van der Waals surface area contributed by atoms with Gasteiger partial charge in [0.05, 0.1) is 13.1 Å². The molecule has 0 saturated carbocycles. The average molecular weight is 356 g/mol. The Balaban J connectivity index is 1.52. The van der Waals surface area contributed by atoms with Gasteiger partial charge in [-0.05, 0) is 36.5 Å². The van der Waals surface area contributed by atoms with E-state index in [9.17, 15) is 9.90 Å². The van der Waals surface area contributed by atoms with Crippen molar-refractivity contribution in [1.29, 1.82) is 0 Å². The zero-order chi connectivity index (χ0) is 16.4. The molecule has 5 N–H and O–H groups in total. The fraction of sp³-hybridized carbons (Fsp3) is 0.467. The SMILES string of the molecule is O=C(NNC(=S)Nc1ccc(Cl)cc1)[C@@]1(O)C[NH+]2CCC1CC2. The van der Waals surface area contributed by atoms with Crippen molar-refractivity contribution in [3.05, 3.63) is 29.3 Å². The molecule has 3 saturated heterocycles. The first-order valence-corrected chi connectivity index (χ1v) is 8.45. The van der Waals surface area contributed by atoms with Crippen LogP contribution in [0.3, 0.4) is 0 Å². The highest BCUT2D eigenvalue weighted by atomic mass is 35.5. The molecule has 23 heavy (non-hydrogen) atoms. The number of anilines is 1. The topological polar surface area (TPSA) is 77.8 Å². The molecule has 124 valence electrons. The lowest BCUT2D eigenvalue weighted by molar-refractivity contribution is -0.923. The van der Waals surface area contributed by atoms with Crippen LogP contribution < -0.4 is 21.1 Å². The number of rotatable bonds is 2. The Hall–Kier alpha value is -1.41. The van der Waals surface area contributed by atoms with Crippen molar-refractivity contribution in [3.63, 3.8) is 0 Å². The fourth-order valence-corrected chi connectivity index (χ4v) is 3.68. The van der Waals surface area contributed by atoms with Crippen molar-refractivity contribution in [3.8, 4) is 0 Å². The van der Waals surface area contributed by atoms with Gasteiger partial charge in [0, 0.05) is 29.5 Å². The third-order valence-corrected chi connectivity index (χ3v) is 5.13. The fourth-order valence-electron chi connectivity index (χ4n) is 3.39. The molecular formula is C15H20ClN4O2S+. The van der Waals surface area contributed by atoms with Crippen molar-refractivity contribution in [2.75, 3.05) is 25.0 Å². The van der Waals surface area contributed by atoms with Crippen molar-refractivity contribution < 1.29 is 14.8 Å². The maximum atomic E-state index is 12.4. The molecule has 0 radical (unpaired) electrons. The number of carbonyl (C=O) groups is 1. The maximum absolute atomic E-state index is 12.4.